The summed E-state index contributed by atoms with van der Waals surface area (Å²) in [5.41, 5.74) is 0.946. The molecule has 1 unspecified atom stereocenters. The topological polar surface area (TPSA) is 89.8 Å². The molecule has 1 atom stereocenters. The Labute approximate surface area is 147 Å². The molecule has 0 heterocycles. The highest BCUT2D eigenvalue weighted by Crippen LogP contribution is 2.35. The van der Waals surface area contributed by atoms with Gasteiger partial charge in [-0.15, -0.1) is 0 Å². The Morgan fingerprint density at radius 1 is 1.28 bits per heavy atom. The molecule has 0 spiro atoms. The highest BCUT2D eigenvalue weighted by atomic mass is 16.4. The third kappa shape index (κ3) is 4.89. The molecule has 1 aliphatic carbocycles. The van der Waals surface area contributed by atoms with Crippen LogP contribution in [0.25, 0.3) is 6.08 Å². The van der Waals surface area contributed by atoms with Gasteiger partial charge in [0, 0.05) is 6.42 Å². The van der Waals surface area contributed by atoms with Crippen molar-refractivity contribution in [3.63, 3.8) is 0 Å². The van der Waals surface area contributed by atoms with Crippen molar-refractivity contribution in [2.45, 2.75) is 39.7 Å². The van der Waals surface area contributed by atoms with Crippen LogP contribution in [0.2, 0.25) is 0 Å². The van der Waals surface area contributed by atoms with Gasteiger partial charge in [0.2, 0.25) is 0 Å². The predicted octanol–water partition coefficient (Wildman–Crippen LogP) is 2.48. The maximum Gasteiger partial charge on any atom is 0.168 e. The van der Waals surface area contributed by atoms with Crippen molar-refractivity contribution in [2.75, 3.05) is 0 Å². The summed E-state index contributed by atoms with van der Waals surface area (Å²) in [6.45, 7) is 5.22. The minimum atomic E-state index is -1.32. The highest BCUT2D eigenvalue weighted by molar-refractivity contribution is 6.25. The van der Waals surface area contributed by atoms with E-state index in [0.717, 1.165) is 5.56 Å². The van der Waals surface area contributed by atoms with Gasteiger partial charge in [-0.1, -0.05) is 50.3 Å². The van der Waals surface area contributed by atoms with Crippen LogP contribution in [-0.2, 0) is 9.59 Å². The fourth-order valence-electron chi connectivity index (χ4n) is 2.80. The quantitative estimate of drug-likeness (QED) is 0.673. The number of hydrogen-bond acceptors (Lipinski definition) is 5. The van der Waals surface area contributed by atoms with Crippen LogP contribution in [-0.4, -0.2) is 28.6 Å². The zero-order valence-electron chi connectivity index (χ0n) is 14.7. The molecule has 5 nitrogen and oxygen atoms in total. The van der Waals surface area contributed by atoms with Gasteiger partial charge < -0.3 is 15.0 Å². The standard InChI is InChI=1S/C20H23NO4/c1-13(19(24)25)21-15-11-20(2,3)12-17(23)18(15)16(22)10-9-14-7-5-4-6-8-14/h4-10,13,22H,11-12H2,1-3H3,(H,24,25)/p-1/b10-9?,18-16+,21-15?. The Balaban J connectivity index is 2.43. The van der Waals surface area contributed by atoms with Crippen LogP contribution in [0.1, 0.15) is 39.2 Å². The summed E-state index contributed by atoms with van der Waals surface area (Å²) in [6, 6.07) is 8.27. The maximum absolute atomic E-state index is 12.5. The highest BCUT2D eigenvalue weighted by Gasteiger charge is 2.36. The van der Waals surface area contributed by atoms with E-state index in [1.165, 1.54) is 13.0 Å². The summed E-state index contributed by atoms with van der Waals surface area (Å²) >= 11 is 0. The van der Waals surface area contributed by atoms with Crippen LogP contribution >= 0.6 is 0 Å². The molecule has 2 rings (SSSR count). The fourth-order valence-corrected chi connectivity index (χ4v) is 2.80. The molecule has 5 heteroatoms. The first-order valence-corrected chi connectivity index (χ1v) is 8.17. The number of allylic oxidation sites excluding steroid dienone is 2. The zero-order valence-corrected chi connectivity index (χ0v) is 14.7. The smallest absolute Gasteiger partial charge is 0.168 e. The van der Waals surface area contributed by atoms with Gasteiger partial charge in [0.25, 0.3) is 0 Å². The Hall–Kier alpha value is -2.69. The van der Waals surface area contributed by atoms with Crippen LogP contribution in [0.3, 0.4) is 0 Å². The third-order valence-corrected chi connectivity index (χ3v) is 4.03. The van der Waals surface area contributed by atoms with Gasteiger partial charge in [-0.25, -0.2) is 0 Å². The van der Waals surface area contributed by atoms with Gasteiger partial charge in [0.05, 0.1) is 23.3 Å². The number of nitrogens with zero attached hydrogens (tertiary/aromatic N) is 1. The number of ketones is 1. The molecule has 1 aromatic rings. The number of benzene rings is 1. The number of carboxylic acids is 1. The minimum Gasteiger partial charge on any atom is -0.548 e. The number of rotatable bonds is 4. The molecular formula is C20H22NO4-. The largest absolute Gasteiger partial charge is 0.548 e. The molecule has 1 N–H and O–H groups in total. The van der Waals surface area contributed by atoms with E-state index in [4.69, 9.17) is 0 Å². The van der Waals surface area contributed by atoms with E-state index in [9.17, 15) is 19.8 Å². The Morgan fingerprint density at radius 2 is 1.92 bits per heavy atom. The summed E-state index contributed by atoms with van der Waals surface area (Å²) in [5, 5.41) is 21.4. The summed E-state index contributed by atoms with van der Waals surface area (Å²) in [7, 11) is 0. The molecule has 1 aliphatic rings. The monoisotopic (exact) mass is 340 g/mol. The van der Waals surface area contributed by atoms with Gasteiger partial charge in [0.15, 0.2) is 5.78 Å². The Kier molecular flexibility index (Phi) is 5.57. The van der Waals surface area contributed by atoms with Crippen molar-refractivity contribution in [2.24, 2.45) is 10.4 Å². The van der Waals surface area contributed by atoms with E-state index in [1.54, 1.807) is 6.08 Å². The number of carboxylic acid groups (broad SMARTS) is 1. The predicted molar refractivity (Wildman–Crippen MR) is 95.1 cm³/mol. The summed E-state index contributed by atoms with van der Waals surface area (Å²) in [6.07, 6.45) is 3.81. The molecule has 0 amide bonds. The number of aliphatic hydroxyl groups is 1. The zero-order chi connectivity index (χ0) is 18.6. The average molecular weight is 340 g/mol. The minimum absolute atomic E-state index is 0.0969. The van der Waals surface area contributed by atoms with E-state index >= 15 is 0 Å². The lowest BCUT2D eigenvalue weighted by molar-refractivity contribution is -0.306. The lowest BCUT2D eigenvalue weighted by Crippen LogP contribution is -2.36. The molecule has 1 aromatic carbocycles. The van der Waals surface area contributed by atoms with E-state index in [0.29, 0.717) is 12.1 Å². The van der Waals surface area contributed by atoms with E-state index in [-0.39, 0.29) is 29.0 Å². The molecule has 0 saturated heterocycles. The SMILES string of the molecule is CC(N=C1CC(C)(C)CC(=O)/C1=C(/O)C=Cc1ccccc1)C(=O)[O-]. The van der Waals surface area contributed by atoms with Crippen molar-refractivity contribution in [3.05, 3.63) is 53.3 Å². The van der Waals surface area contributed by atoms with Crippen molar-refractivity contribution in [3.8, 4) is 0 Å². The number of aliphatic imine (C=N–C) groups is 1. The maximum atomic E-state index is 12.5. The van der Waals surface area contributed by atoms with Gasteiger partial charge in [-0.3, -0.25) is 9.79 Å². The molecule has 0 bridgehead atoms. The van der Waals surface area contributed by atoms with Gasteiger partial charge in [-0.05, 0) is 30.4 Å². The normalized spacial score (nSPS) is 22.2. The van der Waals surface area contributed by atoms with Crippen LogP contribution in [0.4, 0.5) is 0 Å². The summed E-state index contributed by atoms with van der Waals surface area (Å²) in [4.78, 5) is 27.7. The van der Waals surface area contributed by atoms with Crippen molar-refractivity contribution < 1.29 is 19.8 Å². The molecule has 1 fully saturated rings. The van der Waals surface area contributed by atoms with Crippen LogP contribution in [0.15, 0.2) is 52.7 Å². The van der Waals surface area contributed by atoms with E-state index in [2.05, 4.69) is 4.99 Å². The van der Waals surface area contributed by atoms with Crippen LogP contribution < -0.4 is 5.11 Å². The molecular weight excluding hydrogens is 318 g/mol. The lowest BCUT2D eigenvalue weighted by Gasteiger charge is -2.31. The summed E-state index contributed by atoms with van der Waals surface area (Å²) < 4.78 is 0. The molecule has 1 saturated carbocycles. The van der Waals surface area contributed by atoms with E-state index in [1.807, 2.05) is 44.2 Å². The fraction of sp³-hybridized carbons (Fsp3) is 0.350. The number of carbonyl (C=O) groups is 2. The van der Waals surface area contributed by atoms with Gasteiger partial charge in [-0.2, -0.15) is 0 Å². The first kappa shape index (κ1) is 18.6. The van der Waals surface area contributed by atoms with Crippen molar-refractivity contribution >= 4 is 23.5 Å². The van der Waals surface area contributed by atoms with E-state index < -0.39 is 12.0 Å². The molecule has 132 valence electrons. The second-order valence-corrected chi connectivity index (χ2v) is 7.02. The molecule has 0 aromatic heterocycles. The number of carbonyl (C=O) groups excluding carboxylic acids is 2. The average Bonchev–Trinajstić information content (AvgIpc) is 2.52. The van der Waals surface area contributed by atoms with Crippen molar-refractivity contribution in [1.82, 2.24) is 0 Å². The Morgan fingerprint density at radius 3 is 2.52 bits per heavy atom. The van der Waals surface area contributed by atoms with Crippen LogP contribution in [0, 0.1) is 5.41 Å². The number of aliphatic hydroxyl groups excluding tert-OH is 1. The van der Waals surface area contributed by atoms with Gasteiger partial charge >= 0.3 is 0 Å². The van der Waals surface area contributed by atoms with Crippen molar-refractivity contribution in [1.29, 1.82) is 0 Å². The molecule has 25 heavy (non-hydrogen) atoms. The second-order valence-electron chi connectivity index (χ2n) is 7.02. The number of Topliss-reactive ketones (excluding diaryl/α,β-unsaturated/α-hetero) is 1. The van der Waals surface area contributed by atoms with Crippen LogP contribution in [0.5, 0.6) is 0 Å². The summed E-state index contributed by atoms with van der Waals surface area (Å²) in [5.74, 6) is -1.76. The second kappa shape index (κ2) is 7.47. The van der Waals surface area contributed by atoms with Gasteiger partial charge in [0.1, 0.15) is 5.76 Å². The Bertz CT molecular complexity index is 757. The third-order valence-electron chi connectivity index (χ3n) is 4.03. The molecule has 0 radical (unpaired) electrons. The molecule has 0 aliphatic heterocycles. The lowest BCUT2D eigenvalue weighted by atomic mass is 9.73. The number of aliphatic carboxylic acids is 1. The first-order chi connectivity index (χ1) is 11.7. The first-order valence-electron chi connectivity index (χ1n) is 8.17. The number of hydrogen-bond donors (Lipinski definition) is 1.